The molecule has 37 heavy (non-hydrogen) atoms. The highest BCUT2D eigenvalue weighted by Crippen LogP contribution is 2.25. The van der Waals surface area contributed by atoms with Gasteiger partial charge in [0, 0.05) is 17.9 Å². The van der Waals surface area contributed by atoms with Gasteiger partial charge in [-0.25, -0.2) is 14.4 Å². The summed E-state index contributed by atoms with van der Waals surface area (Å²) in [7, 11) is 0. The molecule has 200 valence electrons. The van der Waals surface area contributed by atoms with Crippen molar-refractivity contribution < 1.29 is 33.8 Å². The normalized spacial score (nSPS) is 15.0. The predicted molar refractivity (Wildman–Crippen MR) is 140 cm³/mol. The molecule has 4 amide bonds. The summed E-state index contributed by atoms with van der Waals surface area (Å²) in [5.74, 6) is -1.14. The van der Waals surface area contributed by atoms with Crippen molar-refractivity contribution >= 4 is 58.3 Å². The molecule has 1 aliphatic heterocycles. The molecule has 3 rings (SSSR count). The Kier molecular flexibility index (Phi) is 10.1. The van der Waals surface area contributed by atoms with Gasteiger partial charge in [-0.2, -0.15) is 0 Å². The molecular weight excluding hydrogens is 524 g/mol. The first-order chi connectivity index (χ1) is 17.6. The highest BCUT2D eigenvalue weighted by Gasteiger charge is 2.32. The number of aliphatic carboxylic acids is 1. The molecule has 1 fully saturated rings. The van der Waals surface area contributed by atoms with Crippen LogP contribution in [0.1, 0.15) is 23.5 Å². The van der Waals surface area contributed by atoms with Gasteiger partial charge in [-0.1, -0.05) is 25.4 Å². The zero-order valence-corrected chi connectivity index (χ0v) is 22.0. The fourth-order valence-corrected chi connectivity index (χ4v) is 4.39. The van der Waals surface area contributed by atoms with Crippen molar-refractivity contribution in [3.63, 3.8) is 0 Å². The van der Waals surface area contributed by atoms with Gasteiger partial charge in [0.2, 0.25) is 0 Å². The molecule has 0 saturated carbocycles. The number of carboxylic acids is 1. The van der Waals surface area contributed by atoms with Crippen LogP contribution in [0.5, 0.6) is 0 Å². The maximum atomic E-state index is 12.8. The van der Waals surface area contributed by atoms with Crippen LogP contribution in [0.15, 0.2) is 36.4 Å². The number of carbonyl (C=O) groups is 4. The molecule has 0 bridgehead atoms. The molecule has 0 spiro atoms. The second-order valence-corrected chi connectivity index (χ2v) is 10.3. The van der Waals surface area contributed by atoms with E-state index in [0.717, 1.165) is 11.3 Å². The third kappa shape index (κ3) is 8.34. The van der Waals surface area contributed by atoms with Crippen LogP contribution in [0, 0.1) is 5.92 Å². The molecule has 1 aromatic heterocycles. The topological polar surface area (TPSA) is 138 Å². The van der Waals surface area contributed by atoms with Crippen LogP contribution in [-0.4, -0.2) is 74.6 Å². The predicted octanol–water partition coefficient (Wildman–Crippen LogP) is 3.43. The largest absolute Gasteiger partial charge is 0.480 e. The number of amides is 4. The Hall–Kier alpha value is -3.35. The number of anilines is 2. The van der Waals surface area contributed by atoms with E-state index < -0.39 is 24.8 Å². The lowest BCUT2D eigenvalue weighted by Gasteiger charge is -2.24. The average molecular weight is 553 g/mol. The van der Waals surface area contributed by atoms with Crippen LogP contribution in [0.3, 0.4) is 0 Å². The summed E-state index contributed by atoms with van der Waals surface area (Å²) in [4.78, 5) is 51.5. The Morgan fingerprint density at radius 3 is 2.57 bits per heavy atom. The lowest BCUT2D eigenvalue weighted by molar-refractivity contribution is -0.142. The fraction of sp³-hybridized carbons (Fsp3) is 0.417. The van der Waals surface area contributed by atoms with E-state index in [2.05, 4.69) is 10.6 Å². The van der Waals surface area contributed by atoms with Crippen molar-refractivity contribution in [2.75, 3.05) is 49.2 Å². The van der Waals surface area contributed by atoms with Gasteiger partial charge in [0.25, 0.3) is 5.91 Å². The average Bonchev–Trinajstić information content (AvgIpc) is 3.46. The number of cyclic esters (lactones) is 1. The number of thiophene rings is 1. The number of carboxylic acid groups (broad SMARTS) is 1. The van der Waals surface area contributed by atoms with Gasteiger partial charge >= 0.3 is 18.1 Å². The van der Waals surface area contributed by atoms with Crippen LogP contribution in [-0.2, 0) is 14.3 Å². The first kappa shape index (κ1) is 28.2. The van der Waals surface area contributed by atoms with Crippen molar-refractivity contribution in [1.29, 1.82) is 0 Å². The molecule has 1 saturated heterocycles. The van der Waals surface area contributed by atoms with Crippen LogP contribution in [0.2, 0.25) is 4.34 Å². The Balaban J connectivity index is 1.61. The van der Waals surface area contributed by atoms with Gasteiger partial charge in [0.1, 0.15) is 12.7 Å². The number of urea groups is 1. The molecule has 2 heterocycles. The Morgan fingerprint density at radius 2 is 1.95 bits per heavy atom. The molecule has 13 heteroatoms. The smallest absolute Gasteiger partial charge is 0.414 e. The van der Waals surface area contributed by atoms with Gasteiger partial charge < -0.3 is 25.2 Å². The van der Waals surface area contributed by atoms with Crippen LogP contribution >= 0.6 is 22.9 Å². The zero-order valence-electron chi connectivity index (χ0n) is 20.4. The quantitative estimate of drug-likeness (QED) is 0.343. The number of benzene rings is 1. The highest BCUT2D eigenvalue weighted by molar-refractivity contribution is 7.18. The third-order valence-electron chi connectivity index (χ3n) is 5.23. The molecule has 1 aromatic carbocycles. The SMILES string of the molecule is CC(C)CNC(=O)N(CCOCC(=O)O)c1ccc(N2C[C@H](CNC(=O)c3ccc(Cl)s3)OC2=O)cc1. The molecule has 0 aliphatic carbocycles. The van der Waals surface area contributed by atoms with Crippen LogP contribution < -0.4 is 20.4 Å². The number of ether oxygens (including phenoxy) is 2. The van der Waals surface area contributed by atoms with Crippen molar-refractivity contribution in [2.45, 2.75) is 20.0 Å². The maximum Gasteiger partial charge on any atom is 0.414 e. The van der Waals surface area contributed by atoms with Gasteiger partial charge in [-0.05, 0) is 42.3 Å². The summed E-state index contributed by atoms with van der Waals surface area (Å²) < 4.78 is 11.0. The first-order valence-corrected chi connectivity index (χ1v) is 12.8. The number of carbonyl (C=O) groups excluding carboxylic acids is 3. The number of hydrogen-bond donors (Lipinski definition) is 3. The second kappa shape index (κ2) is 13.3. The number of halogens is 1. The summed E-state index contributed by atoms with van der Waals surface area (Å²) >= 11 is 7.03. The van der Waals surface area contributed by atoms with E-state index in [4.69, 9.17) is 26.2 Å². The molecule has 0 radical (unpaired) electrons. The summed E-state index contributed by atoms with van der Waals surface area (Å²) in [6, 6.07) is 9.66. The highest BCUT2D eigenvalue weighted by atomic mass is 35.5. The number of hydrogen-bond acceptors (Lipinski definition) is 7. The lowest BCUT2D eigenvalue weighted by atomic mass is 10.2. The fourth-order valence-electron chi connectivity index (χ4n) is 3.43. The number of nitrogens with zero attached hydrogens (tertiary/aromatic N) is 2. The molecule has 1 atom stereocenters. The van der Waals surface area contributed by atoms with E-state index in [0.29, 0.717) is 27.1 Å². The summed E-state index contributed by atoms with van der Waals surface area (Å²) in [5.41, 5.74) is 1.12. The molecule has 0 unspecified atom stereocenters. The molecule has 2 aromatic rings. The Labute approximate surface area is 223 Å². The van der Waals surface area contributed by atoms with Gasteiger partial charge in [-0.15, -0.1) is 11.3 Å². The lowest BCUT2D eigenvalue weighted by Crippen LogP contribution is -2.43. The van der Waals surface area contributed by atoms with E-state index in [-0.39, 0.29) is 44.1 Å². The molecule has 3 N–H and O–H groups in total. The molecule has 1 aliphatic rings. The van der Waals surface area contributed by atoms with E-state index in [1.165, 1.54) is 9.80 Å². The Morgan fingerprint density at radius 1 is 1.22 bits per heavy atom. The van der Waals surface area contributed by atoms with E-state index in [9.17, 15) is 19.2 Å². The van der Waals surface area contributed by atoms with Crippen LogP contribution in [0.4, 0.5) is 21.0 Å². The van der Waals surface area contributed by atoms with Gasteiger partial charge in [-0.3, -0.25) is 14.6 Å². The van der Waals surface area contributed by atoms with Crippen LogP contribution in [0.25, 0.3) is 0 Å². The molecule has 11 nitrogen and oxygen atoms in total. The Bertz CT molecular complexity index is 1110. The summed E-state index contributed by atoms with van der Waals surface area (Å²) in [6.45, 7) is 4.52. The monoisotopic (exact) mass is 552 g/mol. The minimum atomic E-state index is -1.09. The third-order valence-corrected chi connectivity index (χ3v) is 6.46. The molecular formula is C24H29ClN4O7S. The zero-order chi connectivity index (χ0) is 26.9. The minimum Gasteiger partial charge on any atom is -0.480 e. The second-order valence-electron chi connectivity index (χ2n) is 8.62. The van der Waals surface area contributed by atoms with E-state index >= 15 is 0 Å². The summed E-state index contributed by atoms with van der Waals surface area (Å²) in [5, 5.41) is 14.3. The van der Waals surface area contributed by atoms with Gasteiger partial charge in [0.05, 0.1) is 35.5 Å². The maximum absolute atomic E-state index is 12.8. The van der Waals surface area contributed by atoms with Crippen molar-refractivity contribution in [2.24, 2.45) is 5.92 Å². The number of rotatable bonds is 12. The van der Waals surface area contributed by atoms with E-state index in [1.807, 2.05) is 13.8 Å². The van der Waals surface area contributed by atoms with Crippen molar-refractivity contribution in [1.82, 2.24) is 10.6 Å². The van der Waals surface area contributed by atoms with Crippen molar-refractivity contribution in [3.05, 3.63) is 45.6 Å². The van der Waals surface area contributed by atoms with Gasteiger partial charge in [0.15, 0.2) is 0 Å². The number of nitrogens with one attached hydrogen (secondary N) is 2. The van der Waals surface area contributed by atoms with Crippen molar-refractivity contribution in [3.8, 4) is 0 Å². The standard InChI is InChI=1S/C24H29ClN4O7S/c1-15(2)11-27-23(33)28(9-10-35-14-21(30)31)16-3-5-17(6-4-16)29-13-18(36-24(29)34)12-26-22(32)19-7-8-20(25)37-19/h3-8,15,18H,9-14H2,1-2H3,(H,26,32)(H,27,33)(H,30,31)/t18-/m0/s1. The summed E-state index contributed by atoms with van der Waals surface area (Å²) in [6.07, 6.45) is -1.07. The minimum absolute atomic E-state index is 0.0344. The van der Waals surface area contributed by atoms with E-state index in [1.54, 1.807) is 36.4 Å². The first-order valence-electron chi connectivity index (χ1n) is 11.6.